The first-order valence-electron chi connectivity index (χ1n) is 10.7. The number of aromatic hydroxyl groups is 2. The van der Waals surface area contributed by atoms with Gasteiger partial charge in [-0.05, 0) is 35.6 Å². The van der Waals surface area contributed by atoms with Gasteiger partial charge in [0, 0.05) is 39.2 Å². The summed E-state index contributed by atoms with van der Waals surface area (Å²) in [5.41, 5.74) is 8.08. The third kappa shape index (κ3) is 5.01. The zero-order chi connectivity index (χ0) is 23.4. The second kappa shape index (κ2) is 9.72. The van der Waals surface area contributed by atoms with Gasteiger partial charge in [0.1, 0.15) is 11.5 Å². The van der Waals surface area contributed by atoms with E-state index in [1.807, 2.05) is 25.1 Å². The molecule has 1 heterocycles. The molecule has 0 aromatic heterocycles. The van der Waals surface area contributed by atoms with Gasteiger partial charge in [-0.1, -0.05) is 31.5 Å². The minimum Gasteiger partial charge on any atom is -0.507 e. The summed E-state index contributed by atoms with van der Waals surface area (Å²) in [6, 6.07) is 8.10. The van der Waals surface area contributed by atoms with E-state index in [-0.39, 0.29) is 35.0 Å². The van der Waals surface area contributed by atoms with Crippen LogP contribution in [0.2, 0.25) is 0 Å². The van der Waals surface area contributed by atoms with Crippen molar-refractivity contribution in [1.29, 1.82) is 0 Å². The van der Waals surface area contributed by atoms with Crippen LogP contribution in [0.1, 0.15) is 63.6 Å². The number of primary amides is 1. The summed E-state index contributed by atoms with van der Waals surface area (Å²) in [6.07, 6.45) is 2.53. The molecule has 0 fully saturated rings. The monoisotopic (exact) mass is 439 g/mol. The Balaban J connectivity index is 1.80. The van der Waals surface area contributed by atoms with Crippen molar-refractivity contribution in [1.82, 2.24) is 9.80 Å². The lowest BCUT2D eigenvalue weighted by Crippen LogP contribution is -2.29. The van der Waals surface area contributed by atoms with Crippen molar-refractivity contribution >= 4 is 17.7 Å². The van der Waals surface area contributed by atoms with E-state index < -0.39 is 11.8 Å². The van der Waals surface area contributed by atoms with Crippen molar-refractivity contribution in [2.75, 3.05) is 13.6 Å². The summed E-state index contributed by atoms with van der Waals surface area (Å²) < 4.78 is 0. The standard InChI is InChI=1S/C24H29N3O5/c1-3-4-9-26(2)23(31)18-11-19(21(29)12-20(18)28)24(32)27-13-16-7-5-15(6-8-22(25)30)10-17(16)14-27/h5,7,10-12,28-29H,3-4,6,8-9,13-14H2,1-2H3,(H2,25,30). The number of benzene rings is 2. The minimum atomic E-state index is -0.428. The number of carbonyl (C=O) groups is 3. The third-order valence-electron chi connectivity index (χ3n) is 5.71. The molecule has 0 saturated carbocycles. The Morgan fingerprint density at radius 1 is 1.03 bits per heavy atom. The molecule has 170 valence electrons. The Labute approximate surface area is 187 Å². The average Bonchev–Trinajstić information content (AvgIpc) is 3.18. The Kier molecular flexibility index (Phi) is 7.02. The van der Waals surface area contributed by atoms with E-state index in [4.69, 9.17) is 5.73 Å². The molecule has 1 aliphatic heterocycles. The van der Waals surface area contributed by atoms with Crippen LogP contribution in [0.5, 0.6) is 11.5 Å². The van der Waals surface area contributed by atoms with Crippen molar-refractivity contribution in [3.05, 3.63) is 58.1 Å². The first-order valence-corrected chi connectivity index (χ1v) is 10.7. The summed E-state index contributed by atoms with van der Waals surface area (Å²) in [7, 11) is 1.64. The fourth-order valence-corrected chi connectivity index (χ4v) is 3.81. The number of nitrogens with zero attached hydrogens (tertiary/aromatic N) is 2. The highest BCUT2D eigenvalue weighted by Gasteiger charge is 2.28. The van der Waals surface area contributed by atoms with E-state index in [0.717, 1.165) is 35.6 Å². The zero-order valence-electron chi connectivity index (χ0n) is 18.4. The summed E-state index contributed by atoms with van der Waals surface area (Å²) >= 11 is 0. The predicted molar refractivity (Wildman–Crippen MR) is 119 cm³/mol. The smallest absolute Gasteiger partial charge is 0.258 e. The maximum Gasteiger partial charge on any atom is 0.258 e. The highest BCUT2D eigenvalue weighted by atomic mass is 16.3. The lowest BCUT2D eigenvalue weighted by Gasteiger charge is -2.20. The van der Waals surface area contributed by atoms with Crippen molar-refractivity contribution < 1.29 is 24.6 Å². The lowest BCUT2D eigenvalue weighted by molar-refractivity contribution is -0.118. The van der Waals surface area contributed by atoms with E-state index >= 15 is 0 Å². The molecule has 2 aromatic carbocycles. The van der Waals surface area contributed by atoms with Gasteiger partial charge in [-0.15, -0.1) is 0 Å². The van der Waals surface area contributed by atoms with Crippen molar-refractivity contribution in [2.45, 2.75) is 45.7 Å². The predicted octanol–water partition coefficient (Wildman–Crippen LogP) is 2.54. The number of aryl methyl sites for hydroxylation is 1. The number of rotatable bonds is 8. The molecule has 2 aromatic rings. The number of fused-ring (bicyclic) bond motifs is 1. The van der Waals surface area contributed by atoms with Crippen molar-refractivity contribution in [2.24, 2.45) is 5.73 Å². The summed E-state index contributed by atoms with van der Waals surface area (Å²) in [5, 5.41) is 20.5. The molecule has 0 spiro atoms. The first-order chi connectivity index (χ1) is 15.2. The van der Waals surface area contributed by atoms with Gasteiger partial charge in [0.15, 0.2) is 0 Å². The van der Waals surface area contributed by atoms with Crippen molar-refractivity contribution in [3.8, 4) is 11.5 Å². The van der Waals surface area contributed by atoms with Crippen LogP contribution in [-0.2, 0) is 24.3 Å². The molecule has 1 aliphatic rings. The second-order valence-corrected chi connectivity index (χ2v) is 8.20. The zero-order valence-corrected chi connectivity index (χ0v) is 18.4. The molecular formula is C24H29N3O5. The van der Waals surface area contributed by atoms with Gasteiger partial charge in [-0.3, -0.25) is 14.4 Å². The number of hydrogen-bond donors (Lipinski definition) is 3. The number of phenolic OH excluding ortho intramolecular Hbond substituents is 2. The van der Waals surface area contributed by atoms with Gasteiger partial charge in [0.2, 0.25) is 5.91 Å². The summed E-state index contributed by atoms with van der Waals surface area (Å²) in [6.45, 7) is 3.25. The molecule has 0 atom stereocenters. The van der Waals surface area contributed by atoms with Crippen LogP contribution in [-0.4, -0.2) is 51.3 Å². The lowest BCUT2D eigenvalue weighted by atomic mass is 10.0. The topological polar surface area (TPSA) is 124 Å². The molecule has 8 nitrogen and oxygen atoms in total. The maximum atomic E-state index is 13.2. The van der Waals surface area contributed by atoms with Crippen molar-refractivity contribution in [3.63, 3.8) is 0 Å². The fourth-order valence-electron chi connectivity index (χ4n) is 3.81. The van der Waals surface area contributed by atoms with Crippen LogP contribution in [0.15, 0.2) is 30.3 Å². The number of nitrogens with two attached hydrogens (primary N) is 1. The highest BCUT2D eigenvalue weighted by Crippen LogP contribution is 2.32. The Bertz CT molecular complexity index is 1050. The first kappa shape index (κ1) is 23.1. The average molecular weight is 440 g/mol. The van der Waals surface area contributed by atoms with Crippen LogP contribution in [0.4, 0.5) is 0 Å². The summed E-state index contributed by atoms with van der Waals surface area (Å²) in [4.78, 5) is 40.0. The number of amides is 3. The largest absolute Gasteiger partial charge is 0.507 e. The molecule has 0 bridgehead atoms. The molecule has 3 amide bonds. The van der Waals surface area contributed by atoms with Gasteiger partial charge in [-0.25, -0.2) is 0 Å². The summed E-state index contributed by atoms with van der Waals surface area (Å²) in [5.74, 6) is -1.94. The number of carbonyl (C=O) groups excluding carboxylic acids is 3. The van der Waals surface area contributed by atoms with E-state index in [2.05, 4.69) is 0 Å². The van der Waals surface area contributed by atoms with E-state index in [0.29, 0.717) is 26.1 Å². The molecule has 4 N–H and O–H groups in total. The molecule has 0 aliphatic carbocycles. The van der Waals surface area contributed by atoms with Gasteiger partial charge in [0.25, 0.3) is 11.8 Å². The second-order valence-electron chi connectivity index (χ2n) is 8.20. The highest BCUT2D eigenvalue weighted by molar-refractivity contribution is 6.03. The van der Waals surface area contributed by atoms with E-state index in [9.17, 15) is 24.6 Å². The van der Waals surface area contributed by atoms with Gasteiger partial charge < -0.3 is 25.7 Å². The fraction of sp³-hybridized carbons (Fsp3) is 0.375. The number of unbranched alkanes of at least 4 members (excludes halogenated alkanes) is 1. The van der Waals surface area contributed by atoms with E-state index in [1.54, 1.807) is 11.9 Å². The molecule has 32 heavy (non-hydrogen) atoms. The van der Waals surface area contributed by atoms with Gasteiger partial charge in [-0.2, -0.15) is 0 Å². The molecule has 0 saturated heterocycles. The van der Waals surface area contributed by atoms with Gasteiger partial charge >= 0.3 is 0 Å². The van der Waals surface area contributed by atoms with Gasteiger partial charge in [0.05, 0.1) is 11.1 Å². The van der Waals surface area contributed by atoms with Crippen LogP contribution >= 0.6 is 0 Å². The SMILES string of the molecule is CCCCN(C)C(=O)c1cc(C(=O)N2Cc3ccc(CCC(N)=O)cc3C2)c(O)cc1O. The molecule has 3 rings (SSSR count). The Morgan fingerprint density at radius 3 is 2.41 bits per heavy atom. The Hall–Kier alpha value is -3.55. The minimum absolute atomic E-state index is 0.0183. The van der Waals surface area contributed by atoms with Crippen LogP contribution in [0.3, 0.4) is 0 Å². The third-order valence-corrected chi connectivity index (χ3v) is 5.71. The molecule has 0 radical (unpaired) electrons. The molecule has 8 heteroatoms. The molecule has 0 unspecified atom stereocenters. The normalized spacial score (nSPS) is 12.5. The van der Waals surface area contributed by atoms with Crippen LogP contribution in [0, 0.1) is 0 Å². The number of phenols is 2. The van der Waals surface area contributed by atoms with Crippen LogP contribution < -0.4 is 5.73 Å². The maximum absolute atomic E-state index is 13.2. The Morgan fingerprint density at radius 2 is 1.72 bits per heavy atom. The van der Waals surface area contributed by atoms with Crippen LogP contribution in [0.25, 0.3) is 0 Å². The van der Waals surface area contributed by atoms with E-state index in [1.165, 1.54) is 11.0 Å². The number of hydrogen-bond acceptors (Lipinski definition) is 5. The quantitative estimate of drug-likeness (QED) is 0.583. The molecular weight excluding hydrogens is 410 g/mol.